The average molecular weight is 631 g/mol. The second-order valence-electron chi connectivity index (χ2n) is 10.2. The largest absolute Gasteiger partial charge is 0.495 e. The van der Waals surface area contributed by atoms with Crippen LogP contribution in [0.1, 0.15) is 6.42 Å². The third-order valence-corrected chi connectivity index (χ3v) is 8.23. The van der Waals surface area contributed by atoms with Crippen molar-refractivity contribution in [1.29, 1.82) is 0 Å². The normalized spacial score (nSPS) is 19.7. The van der Waals surface area contributed by atoms with Gasteiger partial charge in [0.15, 0.2) is 0 Å². The van der Waals surface area contributed by atoms with Gasteiger partial charge in [0.25, 0.3) is 0 Å². The lowest BCUT2D eigenvalue weighted by Gasteiger charge is -2.21. The first-order valence-corrected chi connectivity index (χ1v) is 14.4. The number of urea groups is 1. The van der Waals surface area contributed by atoms with Crippen LogP contribution in [0.4, 0.5) is 16.4 Å². The zero-order valence-corrected chi connectivity index (χ0v) is 25.5. The molecule has 2 fully saturated rings. The number of amides is 3. The third kappa shape index (κ3) is 6.36. The fourth-order valence-electron chi connectivity index (χ4n) is 5.27. The molecule has 0 bridgehead atoms. The van der Waals surface area contributed by atoms with Crippen molar-refractivity contribution >= 4 is 57.5 Å². The number of hydrogen-bond acceptors (Lipinski definition) is 9. The second-order valence-corrected chi connectivity index (χ2v) is 10.9. The van der Waals surface area contributed by atoms with E-state index in [1.54, 1.807) is 24.2 Å². The van der Waals surface area contributed by atoms with Gasteiger partial charge in [-0.3, -0.25) is 4.79 Å². The Kier molecular flexibility index (Phi) is 9.28. The predicted octanol–water partition coefficient (Wildman–Crippen LogP) is 3.93. The molecule has 43 heavy (non-hydrogen) atoms. The molecule has 3 amide bonds. The minimum Gasteiger partial charge on any atom is -0.495 e. The number of nitrogens with one attached hydrogen (secondary N) is 4. The number of aromatic nitrogens is 2. The number of halogens is 2. The molecule has 2 aromatic heterocycles. The quantitative estimate of drug-likeness (QED) is 0.259. The summed E-state index contributed by atoms with van der Waals surface area (Å²) in [5.74, 6) is 1.62. The van der Waals surface area contributed by atoms with Gasteiger partial charge in [0.05, 0.1) is 54.7 Å². The number of rotatable bonds is 9. The molecule has 2 aliphatic heterocycles. The van der Waals surface area contributed by atoms with Crippen LogP contribution in [-0.4, -0.2) is 92.5 Å². The molecule has 3 atom stereocenters. The first-order valence-electron chi connectivity index (χ1n) is 13.7. The van der Waals surface area contributed by atoms with Gasteiger partial charge in [0.1, 0.15) is 23.1 Å². The van der Waals surface area contributed by atoms with Crippen molar-refractivity contribution < 1.29 is 23.8 Å². The number of pyridine rings is 2. The maximum atomic E-state index is 12.4. The summed E-state index contributed by atoms with van der Waals surface area (Å²) in [5, 5.41) is 14.6. The van der Waals surface area contributed by atoms with Crippen molar-refractivity contribution in [1.82, 2.24) is 25.5 Å². The molecule has 0 radical (unpaired) electrons. The Hall–Kier alpha value is -4.00. The summed E-state index contributed by atoms with van der Waals surface area (Å²) in [6.45, 7) is 5.41. The number of fused-ring (bicyclic) bond motifs is 1. The molecule has 3 aromatic rings. The molecule has 0 saturated carbocycles. The van der Waals surface area contributed by atoms with Gasteiger partial charge in [-0.05, 0) is 24.6 Å². The topological polar surface area (TPSA) is 139 Å². The first kappa shape index (κ1) is 30.5. The van der Waals surface area contributed by atoms with Crippen LogP contribution in [0.2, 0.25) is 10.0 Å². The average Bonchev–Trinajstić information content (AvgIpc) is 3.67. The van der Waals surface area contributed by atoms with Crippen LogP contribution in [0.25, 0.3) is 22.0 Å². The van der Waals surface area contributed by atoms with E-state index in [9.17, 15) is 9.59 Å². The lowest BCUT2D eigenvalue weighted by molar-refractivity contribution is -0.117. The zero-order valence-electron chi connectivity index (χ0n) is 24.0. The minimum atomic E-state index is -0.360. The Morgan fingerprint density at radius 2 is 1.81 bits per heavy atom. The van der Waals surface area contributed by atoms with Gasteiger partial charge in [-0.1, -0.05) is 29.8 Å². The summed E-state index contributed by atoms with van der Waals surface area (Å²) in [6, 6.07) is 4.51. The lowest BCUT2D eigenvalue weighted by atomic mass is 10.1. The van der Waals surface area contributed by atoms with E-state index in [1.807, 2.05) is 12.1 Å². The molecule has 4 heterocycles. The van der Waals surface area contributed by atoms with Crippen LogP contribution in [0.15, 0.2) is 37.1 Å². The van der Waals surface area contributed by atoms with E-state index in [2.05, 4.69) is 32.8 Å². The number of nitrogens with zero attached hydrogens (tertiary/aromatic N) is 3. The van der Waals surface area contributed by atoms with Crippen LogP contribution in [-0.2, 0) is 9.53 Å². The third-order valence-electron chi connectivity index (χ3n) is 7.48. The van der Waals surface area contributed by atoms with Gasteiger partial charge < -0.3 is 40.4 Å². The number of ether oxygens (including phenoxy) is 3. The van der Waals surface area contributed by atoms with Crippen LogP contribution >= 0.6 is 23.2 Å². The molecule has 14 heteroatoms. The number of methoxy groups -OCH3 is 2. The molecular weight excluding hydrogens is 597 g/mol. The number of likely N-dealkylation sites (tertiary alicyclic amines) is 1. The fourth-order valence-corrected chi connectivity index (χ4v) is 5.96. The number of carbonyl (C=O) groups excluding carboxylic acids is 2. The van der Waals surface area contributed by atoms with Crippen molar-refractivity contribution in [3.8, 4) is 22.8 Å². The molecule has 0 aliphatic carbocycles. The summed E-state index contributed by atoms with van der Waals surface area (Å²) in [5.41, 5.74) is 0.975. The van der Waals surface area contributed by atoms with Gasteiger partial charge in [-0.2, -0.15) is 0 Å². The van der Waals surface area contributed by atoms with E-state index in [4.69, 9.17) is 42.4 Å². The van der Waals surface area contributed by atoms with Crippen molar-refractivity contribution in [3.63, 3.8) is 0 Å². The number of anilines is 2. The van der Waals surface area contributed by atoms with E-state index in [1.165, 1.54) is 20.3 Å². The van der Waals surface area contributed by atoms with E-state index < -0.39 is 0 Å². The molecular formula is C29H33Cl2N7O5. The Morgan fingerprint density at radius 1 is 1.09 bits per heavy atom. The van der Waals surface area contributed by atoms with Crippen molar-refractivity contribution in [3.05, 3.63) is 47.1 Å². The number of carbonyl (C=O) groups is 2. The molecule has 228 valence electrons. The molecule has 12 nitrogen and oxygen atoms in total. The fraction of sp³-hybridized carbons (Fsp3) is 0.379. The van der Waals surface area contributed by atoms with Gasteiger partial charge in [-0.15, -0.1) is 0 Å². The monoisotopic (exact) mass is 629 g/mol. The van der Waals surface area contributed by atoms with Gasteiger partial charge >= 0.3 is 6.03 Å². The Bertz CT molecular complexity index is 1520. The Balaban J connectivity index is 1.55. The standard InChI is InChI=1S/C29H33Cl2N7O5/c1-5-24(39)36-20-13-38(29(40)32-2)12-19(20)35-23-9-17-15(11-33-23)8-18(37-28(17)34-16-6-7-43-14-16)25-26(30)21(41-3)10-22(42-4)27(25)31/h5,8-11,16,19-20H,1,6-7,12-14H2,2-4H3,(H,32,40)(H,33,35)(H,34,37)(H,36,39)/t16?,19-,20+/m1/s1. The van der Waals surface area contributed by atoms with Crippen molar-refractivity contribution in [2.45, 2.75) is 24.5 Å². The van der Waals surface area contributed by atoms with Crippen LogP contribution in [0.5, 0.6) is 11.5 Å². The minimum absolute atomic E-state index is 0.0516. The molecule has 0 spiro atoms. The zero-order chi connectivity index (χ0) is 30.7. The molecule has 2 saturated heterocycles. The SMILES string of the molecule is C=CC(=O)N[C@H]1CN(C(=O)NC)C[C@H]1Nc1cc2c(NC3CCOC3)nc(-c3c(Cl)c(OC)cc(OC)c3Cl)cc2cn1. The highest BCUT2D eigenvalue weighted by Gasteiger charge is 2.36. The predicted molar refractivity (Wildman–Crippen MR) is 167 cm³/mol. The first-order chi connectivity index (χ1) is 20.8. The van der Waals surface area contributed by atoms with Crippen LogP contribution < -0.4 is 30.7 Å². The Morgan fingerprint density at radius 3 is 2.44 bits per heavy atom. The summed E-state index contributed by atoms with van der Waals surface area (Å²) in [6.07, 6.45) is 3.75. The van der Waals surface area contributed by atoms with E-state index in [0.29, 0.717) is 70.7 Å². The summed E-state index contributed by atoms with van der Waals surface area (Å²) < 4.78 is 16.5. The van der Waals surface area contributed by atoms with Gasteiger partial charge in [-0.25, -0.2) is 14.8 Å². The summed E-state index contributed by atoms with van der Waals surface area (Å²) >= 11 is 13.5. The number of hydrogen-bond donors (Lipinski definition) is 4. The van der Waals surface area contributed by atoms with E-state index in [0.717, 1.165) is 17.2 Å². The van der Waals surface area contributed by atoms with Crippen molar-refractivity contribution in [2.24, 2.45) is 0 Å². The molecule has 1 aromatic carbocycles. The maximum Gasteiger partial charge on any atom is 0.317 e. The van der Waals surface area contributed by atoms with E-state index >= 15 is 0 Å². The molecule has 4 N–H and O–H groups in total. The summed E-state index contributed by atoms with van der Waals surface area (Å²) in [4.78, 5) is 35.7. The van der Waals surface area contributed by atoms with Crippen molar-refractivity contribution in [2.75, 3.05) is 58.2 Å². The lowest BCUT2D eigenvalue weighted by Crippen LogP contribution is -2.45. The molecule has 1 unspecified atom stereocenters. The molecule has 2 aliphatic rings. The highest BCUT2D eigenvalue weighted by atomic mass is 35.5. The highest BCUT2D eigenvalue weighted by Crippen LogP contribution is 2.46. The highest BCUT2D eigenvalue weighted by molar-refractivity contribution is 6.41. The summed E-state index contributed by atoms with van der Waals surface area (Å²) in [7, 11) is 4.60. The smallest absolute Gasteiger partial charge is 0.317 e. The second kappa shape index (κ2) is 13.1. The van der Waals surface area contributed by atoms with E-state index in [-0.39, 0.29) is 30.1 Å². The van der Waals surface area contributed by atoms with Crippen LogP contribution in [0, 0.1) is 0 Å². The molecule has 5 rings (SSSR count). The van der Waals surface area contributed by atoms with Gasteiger partial charge in [0, 0.05) is 55.3 Å². The Labute approximate surface area is 259 Å². The van der Waals surface area contributed by atoms with Crippen LogP contribution in [0.3, 0.4) is 0 Å². The maximum absolute atomic E-state index is 12.4. The van der Waals surface area contributed by atoms with Gasteiger partial charge in [0.2, 0.25) is 5.91 Å². The number of benzene rings is 1.